The van der Waals surface area contributed by atoms with E-state index in [0.29, 0.717) is 6.04 Å². The summed E-state index contributed by atoms with van der Waals surface area (Å²) in [5, 5.41) is 0. The van der Waals surface area contributed by atoms with Gasteiger partial charge in [-0.3, -0.25) is 0 Å². The number of hydrogen-bond acceptors (Lipinski definition) is 2. The van der Waals surface area contributed by atoms with Crippen LogP contribution in [0.5, 0.6) is 0 Å². The number of nitrogens with zero attached hydrogens (tertiary/aromatic N) is 2. The molecule has 2 N–H and O–H groups in total. The van der Waals surface area contributed by atoms with E-state index < -0.39 is 0 Å². The fraction of sp³-hybridized carbons (Fsp3) is 0.188. The minimum absolute atomic E-state index is 0.331. The highest BCUT2D eigenvalue weighted by Crippen LogP contribution is 2.30. The number of nitrogen functional groups attached to an aromatic ring is 1. The fourth-order valence-electron chi connectivity index (χ4n) is 2.48. The Morgan fingerprint density at radius 2 is 1.95 bits per heavy atom. The molecule has 0 amide bonds. The number of nitrogens with two attached hydrogens (primary N) is 1. The highest BCUT2D eigenvalue weighted by atomic mass is 79.9. The number of imidazole rings is 1. The fourth-order valence-corrected chi connectivity index (χ4v) is 2.83. The number of aromatic nitrogens is 2. The van der Waals surface area contributed by atoms with E-state index in [1.807, 2.05) is 36.4 Å². The summed E-state index contributed by atoms with van der Waals surface area (Å²) < 4.78 is 3.29. The molecule has 0 spiro atoms. The molecule has 0 atom stereocenters. The van der Waals surface area contributed by atoms with Crippen LogP contribution in [-0.4, -0.2) is 9.55 Å². The van der Waals surface area contributed by atoms with Gasteiger partial charge in [0.1, 0.15) is 5.82 Å². The average Bonchev–Trinajstić information content (AvgIpc) is 2.77. The van der Waals surface area contributed by atoms with Crippen LogP contribution in [0.15, 0.2) is 46.9 Å². The topological polar surface area (TPSA) is 43.8 Å². The van der Waals surface area contributed by atoms with E-state index in [4.69, 9.17) is 10.7 Å². The first-order valence-electron chi connectivity index (χ1n) is 6.59. The predicted octanol–water partition coefficient (Wildman–Crippen LogP) is 4.63. The summed E-state index contributed by atoms with van der Waals surface area (Å²) in [6, 6.07) is 14.4. The maximum Gasteiger partial charge on any atom is 0.141 e. The lowest BCUT2D eigenvalue weighted by Gasteiger charge is -2.13. The standard InChI is InChI=1S/C16H16BrN3/c1-10(2)20-15-7-6-12(17)9-14(15)19-16(20)11-4-3-5-13(18)8-11/h3-10H,18H2,1-2H3. The van der Waals surface area contributed by atoms with Gasteiger partial charge in [-0.1, -0.05) is 28.1 Å². The lowest BCUT2D eigenvalue weighted by atomic mass is 10.2. The smallest absolute Gasteiger partial charge is 0.141 e. The van der Waals surface area contributed by atoms with Crippen LogP contribution < -0.4 is 5.73 Å². The molecule has 102 valence electrons. The summed E-state index contributed by atoms with van der Waals surface area (Å²) in [5.74, 6) is 0.959. The van der Waals surface area contributed by atoms with Crippen LogP contribution >= 0.6 is 15.9 Å². The third kappa shape index (κ3) is 2.20. The van der Waals surface area contributed by atoms with Crippen molar-refractivity contribution in [2.75, 3.05) is 5.73 Å². The summed E-state index contributed by atoms with van der Waals surface area (Å²) in [5.41, 5.74) is 9.83. The van der Waals surface area contributed by atoms with Crippen molar-refractivity contribution in [1.29, 1.82) is 0 Å². The third-order valence-electron chi connectivity index (χ3n) is 3.31. The summed E-state index contributed by atoms with van der Waals surface area (Å²) in [4.78, 5) is 4.78. The highest BCUT2D eigenvalue weighted by Gasteiger charge is 2.15. The number of hydrogen-bond donors (Lipinski definition) is 1. The quantitative estimate of drug-likeness (QED) is 0.696. The van der Waals surface area contributed by atoms with E-state index in [-0.39, 0.29) is 0 Å². The van der Waals surface area contributed by atoms with Crippen molar-refractivity contribution in [2.24, 2.45) is 0 Å². The monoisotopic (exact) mass is 329 g/mol. The van der Waals surface area contributed by atoms with Gasteiger partial charge in [0.2, 0.25) is 0 Å². The zero-order valence-electron chi connectivity index (χ0n) is 11.5. The van der Waals surface area contributed by atoms with E-state index in [2.05, 4.69) is 40.4 Å². The lowest BCUT2D eigenvalue weighted by molar-refractivity contribution is 0.624. The Bertz CT molecular complexity index is 774. The largest absolute Gasteiger partial charge is 0.399 e. The molecule has 0 aliphatic carbocycles. The van der Waals surface area contributed by atoms with Crippen molar-refractivity contribution in [3.8, 4) is 11.4 Å². The van der Waals surface area contributed by atoms with Gasteiger partial charge in [-0.05, 0) is 44.2 Å². The Morgan fingerprint density at radius 3 is 2.65 bits per heavy atom. The molecule has 0 unspecified atom stereocenters. The molecule has 0 aliphatic rings. The first kappa shape index (κ1) is 13.2. The van der Waals surface area contributed by atoms with Gasteiger partial charge >= 0.3 is 0 Å². The molecule has 3 aromatic rings. The van der Waals surface area contributed by atoms with Crippen LogP contribution in [0.25, 0.3) is 22.4 Å². The van der Waals surface area contributed by atoms with E-state index in [9.17, 15) is 0 Å². The van der Waals surface area contributed by atoms with Gasteiger partial charge in [-0.2, -0.15) is 0 Å². The molecule has 0 fully saturated rings. The Labute approximate surface area is 126 Å². The van der Waals surface area contributed by atoms with Gasteiger partial charge in [0.25, 0.3) is 0 Å². The van der Waals surface area contributed by atoms with Gasteiger partial charge in [-0.15, -0.1) is 0 Å². The van der Waals surface area contributed by atoms with Crippen LogP contribution in [0, 0.1) is 0 Å². The zero-order chi connectivity index (χ0) is 14.3. The normalized spacial score (nSPS) is 11.4. The molecule has 1 aromatic heterocycles. The van der Waals surface area contributed by atoms with Gasteiger partial charge in [0.05, 0.1) is 11.0 Å². The first-order valence-corrected chi connectivity index (χ1v) is 7.39. The average molecular weight is 330 g/mol. The summed E-state index contributed by atoms with van der Waals surface area (Å²) >= 11 is 3.50. The van der Waals surface area contributed by atoms with Gasteiger partial charge < -0.3 is 10.3 Å². The molecule has 0 bridgehead atoms. The Kier molecular flexibility index (Phi) is 3.26. The Balaban J connectivity index is 2.32. The Morgan fingerprint density at radius 1 is 1.15 bits per heavy atom. The van der Waals surface area contributed by atoms with E-state index >= 15 is 0 Å². The molecular formula is C16H16BrN3. The van der Waals surface area contributed by atoms with Crippen LogP contribution in [0.4, 0.5) is 5.69 Å². The van der Waals surface area contributed by atoms with Crippen molar-refractivity contribution in [2.45, 2.75) is 19.9 Å². The second kappa shape index (κ2) is 4.94. The maximum atomic E-state index is 5.90. The summed E-state index contributed by atoms with van der Waals surface area (Å²) in [6.07, 6.45) is 0. The van der Waals surface area contributed by atoms with Crippen LogP contribution in [0.1, 0.15) is 19.9 Å². The van der Waals surface area contributed by atoms with Crippen molar-refractivity contribution in [1.82, 2.24) is 9.55 Å². The molecule has 2 aromatic carbocycles. The molecule has 4 heteroatoms. The van der Waals surface area contributed by atoms with Crippen LogP contribution in [0.2, 0.25) is 0 Å². The number of fused-ring (bicyclic) bond motifs is 1. The minimum Gasteiger partial charge on any atom is -0.399 e. The summed E-state index contributed by atoms with van der Waals surface area (Å²) in [6.45, 7) is 4.33. The molecule has 1 heterocycles. The molecule has 0 saturated heterocycles. The van der Waals surface area contributed by atoms with E-state index in [1.165, 1.54) is 0 Å². The zero-order valence-corrected chi connectivity index (χ0v) is 13.1. The predicted molar refractivity (Wildman–Crippen MR) is 87.7 cm³/mol. The second-order valence-corrected chi connectivity index (χ2v) is 6.07. The van der Waals surface area contributed by atoms with Crippen molar-refractivity contribution in [3.63, 3.8) is 0 Å². The van der Waals surface area contributed by atoms with E-state index in [0.717, 1.165) is 32.6 Å². The molecule has 3 nitrogen and oxygen atoms in total. The maximum absolute atomic E-state index is 5.90. The molecule has 0 aliphatic heterocycles. The molecule has 0 saturated carbocycles. The number of halogens is 1. The van der Waals surface area contributed by atoms with Crippen LogP contribution in [-0.2, 0) is 0 Å². The number of rotatable bonds is 2. The first-order chi connectivity index (χ1) is 9.56. The van der Waals surface area contributed by atoms with Gasteiger partial charge in [0, 0.05) is 21.8 Å². The van der Waals surface area contributed by atoms with Crippen LogP contribution in [0.3, 0.4) is 0 Å². The number of anilines is 1. The highest BCUT2D eigenvalue weighted by molar-refractivity contribution is 9.10. The van der Waals surface area contributed by atoms with Gasteiger partial charge in [-0.25, -0.2) is 4.98 Å². The summed E-state index contributed by atoms with van der Waals surface area (Å²) in [7, 11) is 0. The molecular weight excluding hydrogens is 314 g/mol. The van der Waals surface area contributed by atoms with Crippen molar-refractivity contribution in [3.05, 3.63) is 46.9 Å². The third-order valence-corrected chi connectivity index (χ3v) is 3.81. The molecule has 0 radical (unpaired) electrons. The number of benzene rings is 2. The Hall–Kier alpha value is -1.81. The second-order valence-electron chi connectivity index (χ2n) is 5.16. The van der Waals surface area contributed by atoms with Gasteiger partial charge in [0.15, 0.2) is 0 Å². The molecule has 3 rings (SSSR count). The molecule has 20 heavy (non-hydrogen) atoms. The lowest BCUT2D eigenvalue weighted by Crippen LogP contribution is -2.03. The van der Waals surface area contributed by atoms with Crippen molar-refractivity contribution >= 4 is 32.7 Å². The van der Waals surface area contributed by atoms with E-state index in [1.54, 1.807) is 0 Å². The van der Waals surface area contributed by atoms with Crippen molar-refractivity contribution < 1.29 is 0 Å². The minimum atomic E-state index is 0.331. The SMILES string of the molecule is CC(C)n1c(-c2cccc(N)c2)nc2cc(Br)ccc21.